The van der Waals surface area contributed by atoms with Crippen molar-refractivity contribution in [3.8, 4) is 0 Å². The highest BCUT2D eigenvalue weighted by Gasteiger charge is 2.15. The molecule has 0 saturated heterocycles. The fourth-order valence-electron chi connectivity index (χ4n) is 3.24. The second-order valence-corrected chi connectivity index (χ2v) is 6.55. The van der Waals surface area contributed by atoms with Crippen molar-refractivity contribution in [2.24, 2.45) is 5.92 Å². The van der Waals surface area contributed by atoms with Crippen LogP contribution in [0.1, 0.15) is 43.7 Å². The van der Waals surface area contributed by atoms with Crippen LogP contribution in [0.4, 0.5) is 5.69 Å². The van der Waals surface area contributed by atoms with Gasteiger partial charge in [0.15, 0.2) is 0 Å². The van der Waals surface area contributed by atoms with Crippen molar-refractivity contribution < 1.29 is 0 Å². The minimum Gasteiger partial charge on any atom is -0.377 e. The summed E-state index contributed by atoms with van der Waals surface area (Å²) in [4.78, 5) is 2.22. The Morgan fingerprint density at radius 2 is 1.55 bits per heavy atom. The highest BCUT2D eigenvalue weighted by atomic mass is 15.1. The van der Waals surface area contributed by atoms with Gasteiger partial charge in [-0.3, -0.25) is 0 Å². The highest BCUT2D eigenvalue weighted by molar-refractivity contribution is 5.52. The minimum atomic E-state index is 0.623. The fraction of sp³-hybridized carbons (Fsp3) is 0.429. The van der Waals surface area contributed by atoms with Gasteiger partial charge in [0.2, 0.25) is 0 Å². The molecule has 1 nitrogen and oxygen atoms in total. The Balaban J connectivity index is 2.07. The number of rotatable bonds is 7. The fourth-order valence-corrected chi connectivity index (χ4v) is 3.24. The summed E-state index contributed by atoms with van der Waals surface area (Å²) in [6.07, 6.45) is 3.66. The number of nitrogens with zero attached hydrogens (tertiary/aromatic N) is 1. The van der Waals surface area contributed by atoms with Gasteiger partial charge in [-0.1, -0.05) is 68.8 Å². The summed E-state index contributed by atoms with van der Waals surface area (Å²) >= 11 is 0. The van der Waals surface area contributed by atoms with Crippen molar-refractivity contribution >= 4 is 5.69 Å². The third kappa shape index (κ3) is 4.37. The zero-order valence-electron chi connectivity index (χ0n) is 14.4. The maximum Gasteiger partial charge on any atom is 0.0393 e. The van der Waals surface area contributed by atoms with Crippen LogP contribution < -0.4 is 4.90 Å². The molecule has 0 saturated carbocycles. The first-order chi connectivity index (χ1) is 10.6. The SMILES string of the molecule is CC[C@@H](Cc1ccccc1N(C)C)CC(C)c1ccccc1. The molecule has 1 unspecified atom stereocenters. The van der Waals surface area contributed by atoms with E-state index in [9.17, 15) is 0 Å². The van der Waals surface area contributed by atoms with E-state index >= 15 is 0 Å². The first-order valence-corrected chi connectivity index (χ1v) is 8.42. The molecule has 0 heterocycles. The van der Waals surface area contributed by atoms with Crippen LogP contribution in [0.2, 0.25) is 0 Å². The zero-order chi connectivity index (χ0) is 15.9. The van der Waals surface area contributed by atoms with E-state index in [1.165, 1.54) is 36.1 Å². The molecule has 1 heteroatoms. The third-order valence-corrected chi connectivity index (χ3v) is 4.61. The standard InChI is InChI=1S/C21H29N/c1-5-18(15-17(2)19-11-7-6-8-12-19)16-20-13-9-10-14-21(20)22(3)4/h6-14,17-18H,5,15-16H2,1-4H3/t17?,18-/m1/s1. The summed E-state index contributed by atoms with van der Waals surface area (Å²) in [5, 5.41) is 0. The van der Waals surface area contributed by atoms with Gasteiger partial charge in [-0.15, -0.1) is 0 Å². The summed E-state index contributed by atoms with van der Waals surface area (Å²) < 4.78 is 0. The second-order valence-electron chi connectivity index (χ2n) is 6.55. The van der Waals surface area contributed by atoms with Crippen molar-refractivity contribution in [2.75, 3.05) is 19.0 Å². The first-order valence-electron chi connectivity index (χ1n) is 8.42. The molecule has 118 valence electrons. The van der Waals surface area contributed by atoms with Crippen LogP contribution in [0, 0.1) is 5.92 Å². The zero-order valence-corrected chi connectivity index (χ0v) is 14.4. The van der Waals surface area contributed by atoms with Crippen LogP contribution in [0.25, 0.3) is 0 Å². The maximum absolute atomic E-state index is 2.36. The Labute approximate surface area is 136 Å². The molecule has 0 amide bonds. The average Bonchev–Trinajstić information content (AvgIpc) is 2.55. The van der Waals surface area contributed by atoms with E-state index in [2.05, 4.69) is 87.4 Å². The van der Waals surface area contributed by atoms with Gasteiger partial charge in [0, 0.05) is 19.8 Å². The topological polar surface area (TPSA) is 3.24 Å². The molecule has 0 N–H and O–H groups in total. The lowest BCUT2D eigenvalue weighted by Crippen LogP contribution is -2.14. The normalized spacial score (nSPS) is 13.6. The quantitative estimate of drug-likeness (QED) is 0.650. The molecule has 0 fully saturated rings. The van der Waals surface area contributed by atoms with Crippen molar-refractivity contribution in [3.63, 3.8) is 0 Å². The summed E-state index contributed by atoms with van der Waals surface area (Å²) in [6, 6.07) is 19.7. The molecule has 0 aromatic heterocycles. The Morgan fingerprint density at radius 3 is 2.18 bits per heavy atom. The Morgan fingerprint density at radius 1 is 0.909 bits per heavy atom. The lowest BCUT2D eigenvalue weighted by atomic mass is 9.85. The minimum absolute atomic E-state index is 0.623. The summed E-state index contributed by atoms with van der Waals surface area (Å²) in [6.45, 7) is 4.68. The van der Waals surface area contributed by atoms with Crippen molar-refractivity contribution in [2.45, 2.75) is 39.0 Å². The van der Waals surface area contributed by atoms with Crippen LogP contribution in [0.3, 0.4) is 0 Å². The Hall–Kier alpha value is -1.76. The van der Waals surface area contributed by atoms with Gasteiger partial charge in [-0.2, -0.15) is 0 Å². The number of benzene rings is 2. The summed E-state index contributed by atoms with van der Waals surface area (Å²) in [5.41, 5.74) is 4.29. The second kappa shape index (κ2) is 8.03. The molecule has 2 aromatic carbocycles. The van der Waals surface area contributed by atoms with Gasteiger partial charge in [0.25, 0.3) is 0 Å². The van der Waals surface area contributed by atoms with Crippen LogP contribution in [0.15, 0.2) is 54.6 Å². The molecule has 0 aliphatic carbocycles. The predicted octanol–water partition coefficient (Wildman–Crippen LogP) is 5.52. The maximum atomic E-state index is 2.36. The largest absolute Gasteiger partial charge is 0.377 e. The van der Waals surface area contributed by atoms with Gasteiger partial charge in [0.1, 0.15) is 0 Å². The van der Waals surface area contributed by atoms with E-state index in [0.29, 0.717) is 5.92 Å². The lowest BCUT2D eigenvalue weighted by Gasteiger charge is -2.23. The van der Waals surface area contributed by atoms with E-state index in [0.717, 1.165) is 5.92 Å². The lowest BCUT2D eigenvalue weighted by molar-refractivity contribution is 0.432. The van der Waals surface area contributed by atoms with Crippen LogP contribution >= 0.6 is 0 Å². The van der Waals surface area contributed by atoms with Gasteiger partial charge in [0.05, 0.1) is 0 Å². The smallest absolute Gasteiger partial charge is 0.0393 e. The van der Waals surface area contributed by atoms with Crippen LogP contribution in [-0.2, 0) is 6.42 Å². The summed E-state index contributed by atoms with van der Waals surface area (Å²) in [7, 11) is 4.26. The third-order valence-electron chi connectivity index (χ3n) is 4.61. The number of anilines is 1. The molecular formula is C21H29N. The van der Waals surface area contributed by atoms with Gasteiger partial charge < -0.3 is 4.90 Å². The summed E-state index contributed by atoms with van der Waals surface area (Å²) in [5.74, 6) is 1.36. The molecule has 2 aromatic rings. The van der Waals surface area contributed by atoms with Crippen molar-refractivity contribution in [3.05, 3.63) is 65.7 Å². The molecule has 0 aliphatic rings. The molecule has 0 aliphatic heterocycles. The molecule has 0 bridgehead atoms. The molecule has 2 rings (SSSR count). The van der Waals surface area contributed by atoms with Crippen molar-refractivity contribution in [1.29, 1.82) is 0 Å². The number of hydrogen-bond donors (Lipinski definition) is 0. The first kappa shape index (κ1) is 16.6. The predicted molar refractivity (Wildman–Crippen MR) is 97.7 cm³/mol. The van der Waals surface area contributed by atoms with E-state index in [-0.39, 0.29) is 0 Å². The van der Waals surface area contributed by atoms with Gasteiger partial charge >= 0.3 is 0 Å². The van der Waals surface area contributed by atoms with E-state index < -0.39 is 0 Å². The highest BCUT2D eigenvalue weighted by Crippen LogP contribution is 2.29. The van der Waals surface area contributed by atoms with E-state index in [1.807, 2.05) is 0 Å². The van der Waals surface area contributed by atoms with E-state index in [1.54, 1.807) is 0 Å². The van der Waals surface area contributed by atoms with Crippen molar-refractivity contribution in [1.82, 2.24) is 0 Å². The number of para-hydroxylation sites is 1. The molecule has 22 heavy (non-hydrogen) atoms. The molecule has 0 spiro atoms. The Bertz CT molecular complexity index is 559. The monoisotopic (exact) mass is 295 g/mol. The average molecular weight is 295 g/mol. The molecular weight excluding hydrogens is 266 g/mol. The van der Waals surface area contributed by atoms with Crippen LogP contribution in [0.5, 0.6) is 0 Å². The van der Waals surface area contributed by atoms with Gasteiger partial charge in [-0.05, 0) is 41.9 Å². The molecule has 2 atom stereocenters. The van der Waals surface area contributed by atoms with Gasteiger partial charge in [-0.25, -0.2) is 0 Å². The number of hydrogen-bond acceptors (Lipinski definition) is 1. The molecule has 0 radical (unpaired) electrons. The van der Waals surface area contributed by atoms with Crippen LogP contribution in [-0.4, -0.2) is 14.1 Å². The van der Waals surface area contributed by atoms with E-state index in [4.69, 9.17) is 0 Å². The Kier molecular flexibility index (Phi) is 6.06.